The van der Waals surface area contributed by atoms with Crippen molar-refractivity contribution in [1.29, 1.82) is 0 Å². The third kappa shape index (κ3) is 3.28. The average molecular weight is 271 g/mol. The van der Waals surface area contributed by atoms with E-state index in [0.717, 1.165) is 25.9 Å². The van der Waals surface area contributed by atoms with Crippen LogP contribution in [0.2, 0.25) is 0 Å². The summed E-state index contributed by atoms with van der Waals surface area (Å²) in [5.74, 6) is 0. The molecule has 0 spiro atoms. The van der Waals surface area contributed by atoms with Crippen molar-refractivity contribution >= 4 is 0 Å². The average Bonchev–Trinajstić information content (AvgIpc) is 2.93. The molecule has 108 valence electrons. The molecule has 1 aromatic carbocycles. The van der Waals surface area contributed by atoms with Crippen molar-refractivity contribution in [3.8, 4) is 11.3 Å². The largest absolute Gasteiger partial charge is 0.310 e. The van der Waals surface area contributed by atoms with Gasteiger partial charge in [0.1, 0.15) is 0 Å². The van der Waals surface area contributed by atoms with Gasteiger partial charge in [-0.15, -0.1) is 0 Å². The van der Waals surface area contributed by atoms with Crippen LogP contribution in [0.25, 0.3) is 11.3 Å². The maximum absolute atomic E-state index is 4.44. The van der Waals surface area contributed by atoms with Crippen molar-refractivity contribution in [2.45, 2.75) is 46.2 Å². The summed E-state index contributed by atoms with van der Waals surface area (Å²) in [6.45, 7) is 8.62. The standard InChI is InChI=1S/C17H25N3/c1-4-11-18-14(3)15-8-6-7-9-16(15)17-10-12-19-20(17)13-5-2/h6-10,12,14,18H,4-5,11,13H2,1-3H3. The van der Waals surface area contributed by atoms with E-state index in [1.165, 1.54) is 16.8 Å². The minimum atomic E-state index is 0.358. The topological polar surface area (TPSA) is 29.9 Å². The smallest absolute Gasteiger partial charge is 0.0685 e. The van der Waals surface area contributed by atoms with E-state index in [0.29, 0.717) is 6.04 Å². The maximum Gasteiger partial charge on any atom is 0.0685 e. The Hall–Kier alpha value is -1.61. The molecule has 1 aromatic heterocycles. The van der Waals surface area contributed by atoms with Gasteiger partial charge < -0.3 is 5.32 Å². The quantitative estimate of drug-likeness (QED) is 0.824. The Bertz CT molecular complexity index is 531. The summed E-state index contributed by atoms with van der Waals surface area (Å²) in [6.07, 6.45) is 4.15. The highest BCUT2D eigenvalue weighted by molar-refractivity contribution is 5.64. The number of aryl methyl sites for hydroxylation is 1. The monoisotopic (exact) mass is 271 g/mol. The van der Waals surface area contributed by atoms with E-state index < -0.39 is 0 Å². The first-order valence-electron chi connectivity index (χ1n) is 7.62. The summed E-state index contributed by atoms with van der Waals surface area (Å²) < 4.78 is 2.10. The molecule has 0 aliphatic carbocycles. The van der Waals surface area contributed by atoms with Crippen LogP contribution in [0.5, 0.6) is 0 Å². The van der Waals surface area contributed by atoms with Gasteiger partial charge in [-0.25, -0.2) is 0 Å². The van der Waals surface area contributed by atoms with Gasteiger partial charge in [0.2, 0.25) is 0 Å². The highest BCUT2D eigenvalue weighted by Gasteiger charge is 2.13. The molecule has 0 fully saturated rings. The lowest BCUT2D eigenvalue weighted by atomic mass is 9.99. The summed E-state index contributed by atoms with van der Waals surface area (Å²) in [7, 11) is 0. The Morgan fingerprint density at radius 2 is 1.95 bits per heavy atom. The van der Waals surface area contributed by atoms with Crippen LogP contribution in [0.3, 0.4) is 0 Å². The van der Waals surface area contributed by atoms with Gasteiger partial charge in [-0.05, 0) is 37.9 Å². The van der Waals surface area contributed by atoms with Gasteiger partial charge in [0.05, 0.1) is 5.69 Å². The van der Waals surface area contributed by atoms with Gasteiger partial charge in [0, 0.05) is 24.3 Å². The molecule has 20 heavy (non-hydrogen) atoms. The molecular formula is C17H25N3. The summed E-state index contributed by atoms with van der Waals surface area (Å²) in [5.41, 5.74) is 3.85. The third-order valence-corrected chi connectivity index (χ3v) is 3.56. The second-order valence-electron chi connectivity index (χ2n) is 5.20. The van der Waals surface area contributed by atoms with Crippen molar-refractivity contribution in [2.75, 3.05) is 6.54 Å². The second-order valence-corrected chi connectivity index (χ2v) is 5.20. The van der Waals surface area contributed by atoms with E-state index in [1.54, 1.807) is 0 Å². The van der Waals surface area contributed by atoms with Crippen LogP contribution < -0.4 is 5.32 Å². The molecule has 0 bridgehead atoms. The molecule has 0 aliphatic rings. The Balaban J connectivity index is 2.34. The molecule has 0 saturated heterocycles. The zero-order chi connectivity index (χ0) is 14.4. The van der Waals surface area contributed by atoms with E-state index in [-0.39, 0.29) is 0 Å². The van der Waals surface area contributed by atoms with Crippen LogP contribution >= 0.6 is 0 Å². The number of nitrogens with zero attached hydrogens (tertiary/aromatic N) is 2. The summed E-state index contributed by atoms with van der Waals surface area (Å²) in [5, 5.41) is 8.01. The zero-order valence-electron chi connectivity index (χ0n) is 12.8. The van der Waals surface area contributed by atoms with Gasteiger partial charge in [0.15, 0.2) is 0 Å². The van der Waals surface area contributed by atoms with Gasteiger partial charge in [-0.3, -0.25) is 4.68 Å². The lowest BCUT2D eigenvalue weighted by Crippen LogP contribution is -2.20. The van der Waals surface area contributed by atoms with E-state index in [9.17, 15) is 0 Å². The van der Waals surface area contributed by atoms with Gasteiger partial charge in [-0.1, -0.05) is 38.1 Å². The molecule has 1 N–H and O–H groups in total. The first-order valence-corrected chi connectivity index (χ1v) is 7.62. The first-order chi connectivity index (χ1) is 9.77. The predicted octanol–water partition coefficient (Wildman–Crippen LogP) is 4.02. The van der Waals surface area contributed by atoms with Crippen molar-refractivity contribution in [2.24, 2.45) is 0 Å². The molecule has 2 aromatic rings. The summed E-state index contributed by atoms with van der Waals surface area (Å²) in [6, 6.07) is 11.1. The Kier molecular flexibility index (Phi) is 5.36. The van der Waals surface area contributed by atoms with Crippen LogP contribution in [0.15, 0.2) is 36.5 Å². The number of hydrogen-bond acceptors (Lipinski definition) is 2. The Morgan fingerprint density at radius 3 is 2.70 bits per heavy atom. The molecule has 3 nitrogen and oxygen atoms in total. The lowest BCUT2D eigenvalue weighted by molar-refractivity contribution is 0.569. The van der Waals surface area contributed by atoms with Gasteiger partial charge in [-0.2, -0.15) is 5.10 Å². The fourth-order valence-electron chi connectivity index (χ4n) is 2.53. The first kappa shape index (κ1) is 14.8. The number of hydrogen-bond donors (Lipinski definition) is 1. The van der Waals surface area contributed by atoms with Crippen molar-refractivity contribution in [3.63, 3.8) is 0 Å². The van der Waals surface area contributed by atoms with E-state index in [4.69, 9.17) is 0 Å². The molecular weight excluding hydrogens is 246 g/mol. The molecule has 1 unspecified atom stereocenters. The molecule has 3 heteroatoms. The number of nitrogens with one attached hydrogen (secondary N) is 1. The van der Waals surface area contributed by atoms with Crippen LogP contribution in [-0.4, -0.2) is 16.3 Å². The van der Waals surface area contributed by atoms with E-state index >= 15 is 0 Å². The molecule has 1 atom stereocenters. The molecule has 0 radical (unpaired) electrons. The minimum absolute atomic E-state index is 0.358. The van der Waals surface area contributed by atoms with Crippen LogP contribution in [0.4, 0.5) is 0 Å². The van der Waals surface area contributed by atoms with E-state index in [2.05, 4.69) is 66.2 Å². The van der Waals surface area contributed by atoms with Crippen LogP contribution in [0, 0.1) is 0 Å². The zero-order valence-corrected chi connectivity index (χ0v) is 12.8. The fourth-order valence-corrected chi connectivity index (χ4v) is 2.53. The third-order valence-electron chi connectivity index (χ3n) is 3.56. The predicted molar refractivity (Wildman–Crippen MR) is 84.7 cm³/mol. The molecule has 0 aliphatic heterocycles. The number of rotatable bonds is 7. The number of benzene rings is 1. The Labute approximate surface area is 122 Å². The number of aromatic nitrogens is 2. The molecule has 2 rings (SSSR count). The molecule has 1 heterocycles. The van der Waals surface area contributed by atoms with Crippen LogP contribution in [-0.2, 0) is 6.54 Å². The van der Waals surface area contributed by atoms with Crippen LogP contribution in [0.1, 0.15) is 45.2 Å². The molecule has 0 saturated carbocycles. The normalized spacial score (nSPS) is 12.6. The highest BCUT2D eigenvalue weighted by Crippen LogP contribution is 2.28. The molecule has 0 amide bonds. The highest BCUT2D eigenvalue weighted by atomic mass is 15.3. The fraction of sp³-hybridized carbons (Fsp3) is 0.471. The Morgan fingerprint density at radius 1 is 1.15 bits per heavy atom. The lowest BCUT2D eigenvalue weighted by Gasteiger charge is -2.18. The maximum atomic E-state index is 4.44. The van der Waals surface area contributed by atoms with Gasteiger partial charge >= 0.3 is 0 Å². The van der Waals surface area contributed by atoms with Crippen molar-refractivity contribution in [3.05, 3.63) is 42.1 Å². The van der Waals surface area contributed by atoms with Crippen molar-refractivity contribution in [1.82, 2.24) is 15.1 Å². The summed E-state index contributed by atoms with van der Waals surface area (Å²) in [4.78, 5) is 0. The minimum Gasteiger partial charge on any atom is -0.310 e. The second kappa shape index (κ2) is 7.25. The van der Waals surface area contributed by atoms with E-state index in [1.807, 2.05) is 6.20 Å². The van der Waals surface area contributed by atoms with Crippen molar-refractivity contribution < 1.29 is 0 Å². The van der Waals surface area contributed by atoms with Gasteiger partial charge in [0.25, 0.3) is 0 Å². The summed E-state index contributed by atoms with van der Waals surface area (Å²) >= 11 is 0. The SMILES string of the molecule is CCCNC(C)c1ccccc1-c1ccnn1CCC.